The molecule has 1 saturated heterocycles. The number of hydrogen-bond donors (Lipinski definition) is 0. The third-order valence-corrected chi connectivity index (χ3v) is 4.37. The Morgan fingerprint density at radius 2 is 1.75 bits per heavy atom. The molecule has 0 bridgehead atoms. The Labute approximate surface area is 123 Å². The normalized spacial score (nSPS) is 17.4. The van der Waals surface area contributed by atoms with Crippen LogP contribution in [-0.2, 0) is 0 Å². The van der Waals surface area contributed by atoms with Gasteiger partial charge in [-0.15, -0.1) is 0 Å². The quantitative estimate of drug-likeness (QED) is 0.783. The lowest BCUT2D eigenvalue weighted by atomic mass is 10.1. The molecule has 0 unspecified atom stereocenters. The molecule has 1 aliphatic rings. The second kappa shape index (κ2) is 6.57. The molecule has 0 N–H and O–H groups in total. The van der Waals surface area contributed by atoms with Crippen molar-refractivity contribution in [2.24, 2.45) is 0 Å². The molecule has 112 valence electrons. The Morgan fingerprint density at radius 3 is 2.25 bits per heavy atom. The second-order valence-corrected chi connectivity index (χ2v) is 6.36. The van der Waals surface area contributed by atoms with Crippen LogP contribution in [0, 0.1) is 13.8 Å². The van der Waals surface area contributed by atoms with Crippen molar-refractivity contribution in [3.05, 3.63) is 23.0 Å². The van der Waals surface area contributed by atoms with Gasteiger partial charge >= 0.3 is 0 Å². The number of aryl methyl sites for hydroxylation is 1. The topological polar surface area (TPSA) is 25.2 Å². The van der Waals surface area contributed by atoms with Gasteiger partial charge in [0, 0.05) is 23.0 Å². The molecule has 0 aliphatic carbocycles. The minimum atomic E-state index is 0.284. The maximum Gasteiger partial charge on any atom is 0.178 e. The number of ketones is 1. The third-order valence-electron chi connectivity index (χ3n) is 4.37. The van der Waals surface area contributed by atoms with E-state index in [-0.39, 0.29) is 5.78 Å². The van der Waals surface area contributed by atoms with Crippen molar-refractivity contribution < 1.29 is 4.79 Å². The average Bonchev–Trinajstić information content (AvgIpc) is 2.55. The van der Waals surface area contributed by atoms with Crippen molar-refractivity contribution in [2.75, 3.05) is 19.6 Å². The van der Waals surface area contributed by atoms with E-state index < -0.39 is 0 Å². The molecule has 0 aromatic carbocycles. The van der Waals surface area contributed by atoms with Crippen molar-refractivity contribution in [1.82, 2.24) is 9.47 Å². The molecule has 20 heavy (non-hydrogen) atoms. The van der Waals surface area contributed by atoms with Gasteiger partial charge in [0.1, 0.15) is 0 Å². The van der Waals surface area contributed by atoms with E-state index in [1.807, 2.05) is 0 Å². The van der Waals surface area contributed by atoms with Gasteiger partial charge in [-0.1, -0.05) is 12.8 Å². The molecule has 1 aliphatic heterocycles. The van der Waals surface area contributed by atoms with Gasteiger partial charge < -0.3 is 4.57 Å². The number of carbonyl (C=O) groups is 1. The molecular formula is C17H28N2O. The van der Waals surface area contributed by atoms with Crippen LogP contribution in [0.1, 0.15) is 67.3 Å². The second-order valence-electron chi connectivity index (χ2n) is 6.36. The van der Waals surface area contributed by atoms with Crippen molar-refractivity contribution >= 4 is 5.78 Å². The predicted octanol–water partition coefficient (Wildman–Crippen LogP) is 3.74. The van der Waals surface area contributed by atoms with Crippen LogP contribution < -0.4 is 0 Å². The molecule has 0 amide bonds. The zero-order chi connectivity index (χ0) is 14.7. The number of likely N-dealkylation sites (tertiary alicyclic amines) is 1. The number of rotatable bonds is 4. The van der Waals surface area contributed by atoms with Gasteiger partial charge in [0.25, 0.3) is 0 Å². The SMILES string of the molecule is Cc1cc(C(=O)CN2CCCCCC2)c(C)n1C(C)C. The maximum absolute atomic E-state index is 12.6. The van der Waals surface area contributed by atoms with E-state index in [9.17, 15) is 4.79 Å². The van der Waals surface area contributed by atoms with Crippen molar-refractivity contribution in [3.8, 4) is 0 Å². The Kier molecular flexibility index (Phi) is 5.03. The molecule has 1 aromatic rings. The number of nitrogens with zero attached hydrogens (tertiary/aromatic N) is 2. The first kappa shape index (κ1) is 15.3. The van der Waals surface area contributed by atoms with Gasteiger partial charge in [0.15, 0.2) is 5.78 Å². The summed E-state index contributed by atoms with van der Waals surface area (Å²) in [6.45, 7) is 11.2. The summed E-state index contributed by atoms with van der Waals surface area (Å²) in [7, 11) is 0. The first-order valence-corrected chi connectivity index (χ1v) is 7.94. The van der Waals surface area contributed by atoms with E-state index in [4.69, 9.17) is 0 Å². The van der Waals surface area contributed by atoms with Gasteiger partial charge in [-0.05, 0) is 59.7 Å². The number of hydrogen-bond acceptors (Lipinski definition) is 2. The molecule has 1 fully saturated rings. The fourth-order valence-electron chi connectivity index (χ4n) is 3.44. The summed E-state index contributed by atoms with van der Waals surface area (Å²) >= 11 is 0. The van der Waals surface area contributed by atoms with Gasteiger partial charge in [-0.25, -0.2) is 0 Å². The zero-order valence-corrected chi connectivity index (χ0v) is 13.4. The standard InChI is InChI=1S/C17H28N2O/c1-13(2)19-14(3)11-16(15(19)4)17(20)12-18-9-7-5-6-8-10-18/h11,13H,5-10,12H2,1-4H3. The Bertz CT molecular complexity index is 466. The molecule has 0 spiro atoms. The Morgan fingerprint density at radius 1 is 1.15 bits per heavy atom. The minimum Gasteiger partial charge on any atom is -0.346 e. The van der Waals surface area contributed by atoms with Crippen LogP contribution in [0.2, 0.25) is 0 Å². The summed E-state index contributed by atoms with van der Waals surface area (Å²) in [5.74, 6) is 0.284. The molecule has 3 heteroatoms. The highest BCUT2D eigenvalue weighted by Gasteiger charge is 2.19. The van der Waals surface area contributed by atoms with Crippen LogP contribution >= 0.6 is 0 Å². The number of carbonyl (C=O) groups excluding carboxylic acids is 1. The summed E-state index contributed by atoms with van der Waals surface area (Å²) in [6.07, 6.45) is 5.09. The van der Waals surface area contributed by atoms with E-state index in [1.54, 1.807) is 0 Å². The number of aromatic nitrogens is 1. The Hall–Kier alpha value is -1.09. The average molecular weight is 276 g/mol. The van der Waals surface area contributed by atoms with E-state index in [1.165, 1.54) is 31.4 Å². The Balaban J connectivity index is 2.11. The molecule has 3 nitrogen and oxygen atoms in total. The van der Waals surface area contributed by atoms with E-state index in [0.29, 0.717) is 12.6 Å². The fraction of sp³-hybridized carbons (Fsp3) is 0.706. The van der Waals surface area contributed by atoms with E-state index >= 15 is 0 Å². The van der Waals surface area contributed by atoms with Crippen LogP contribution in [-0.4, -0.2) is 34.9 Å². The van der Waals surface area contributed by atoms with Crippen molar-refractivity contribution in [1.29, 1.82) is 0 Å². The zero-order valence-electron chi connectivity index (χ0n) is 13.4. The summed E-state index contributed by atoms with van der Waals surface area (Å²) in [4.78, 5) is 14.9. The molecular weight excluding hydrogens is 248 g/mol. The van der Waals surface area contributed by atoms with Crippen LogP contribution in [0.25, 0.3) is 0 Å². The van der Waals surface area contributed by atoms with Gasteiger partial charge in [0.2, 0.25) is 0 Å². The van der Waals surface area contributed by atoms with Crippen LogP contribution in [0.15, 0.2) is 6.07 Å². The summed E-state index contributed by atoms with van der Waals surface area (Å²) < 4.78 is 2.26. The first-order chi connectivity index (χ1) is 9.50. The number of Topliss-reactive ketones (excluding diaryl/α,β-unsaturated/α-hetero) is 1. The van der Waals surface area contributed by atoms with E-state index in [2.05, 4.69) is 43.2 Å². The summed E-state index contributed by atoms with van der Waals surface area (Å²) in [6, 6.07) is 2.48. The summed E-state index contributed by atoms with van der Waals surface area (Å²) in [5, 5.41) is 0. The predicted molar refractivity (Wildman–Crippen MR) is 83.5 cm³/mol. The maximum atomic E-state index is 12.6. The molecule has 1 aromatic heterocycles. The lowest BCUT2D eigenvalue weighted by Crippen LogP contribution is -2.31. The monoisotopic (exact) mass is 276 g/mol. The molecule has 0 saturated carbocycles. The van der Waals surface area contributed by atoms with Crippen LogP contribution in [0.4, 0.5) is 0 Å². The van der Waals surface area contributed by atoms with E-state index in [0.717, 1.165) is 24.3 Å². The molecule has 0 atom stereocenters. The van der Waals surface area contributed by atoms with Gasteiger partial charge in [-0.3, -0.25) is 9.69 Å². The largest absolute Gasteiger partial charge is 0.346 e. The third kappa shape index (κ3) is 3.32. The molecule has 2 heterocycles. The highest BCUT2D eigenvalue weighted by molar-refractivity contribution is 5.99. The van der Waals surface area contributed by atoms with Crippen LogP contribution in [0.5, 0.6) is 0 Å². The molecule has 0 radical (unpaired) electrons. The van der Waals surface area contributed by atoms with Crippen LogP contribution in [0.3, 0.4) is 0 Å². The summed E-state index contributed by atoms with van der Waals surface area (Å²) in [5.41, 5.74) is 3.23. The minimum absolute atomic E-state index is 0.284. The lowest BCUT2D eigenvalue weighted by Gasteiger charge is -2.19. The highest BCUT2D eigenvalue weighted by Crippen LogP contribution is 2.21. The smallest absolute Gasteiger partial charge is 0.178 e. The van der Waals surface area contributed by atoms with Crippen molar-refractivity contribution in [2.45, 2.75) is 59.4 Å². The fourth-order valence-corrected chi connectivity index (χ4v) is 3.44. The first-order valence-electron chi connectivity index (χ1n) is 7.94. The lowest BCUT2D eigenvalue weighted by molar-refractivity contribution is 0.0932. The van der Waals surface area contributed by atoms with Gasteiger partial charge in [0.05, 0.1) is 6.54 Å². The molecule has 2 rings (SSSR count). The van der Waals surface area contributed by atoms with Gasteiger partial charge in [-0.2, -0.15) is 0 Å². The highest BCUT2D eigenvalue weighted by atomic mass is 16.1. The van der Waals surface area contributed by atoms with Crippen molar-refractivity contribution in [3.63, 3.8) is 0 Å².